The summed E-state index contributed by atoms with van der Waals surface area (Å²) in [7, 11) is 0. The molecule has 0 bridgehead atoms. The lowest BCUT2D eigenvalue weighted by Gasteiger charge is -2.23. The molecule has 0 aromatic carbocycles. The first-order valence-electron chi connectivity index (χ1n) is 6.56. The highest BCUT2D eigenvalue weighted by molar-refractivity contribution is 7.99. The molecule has 1 heterocycles. The molecule has 1 saturated carbocycles. The Morgan fingerprint density at radius 1 is 1.44 bits per heavy atom. The zero-order valence-electron chi connectivity index (χ0n) is 10.7. The molecule has 2 fully saturated rings. The molecule has 1 aliphatic heterocycles. The van der Waals surface area contributed by atoms with E-state index in [1.807, 2.05) is 11.8 Å². The van der Waals surface area contributed by atoms with E-state index in [1.54, 1.807) is 6.92 Å². The Morgan fingerprint density at radius 3 is 2.83 bits per heavy atom. The van der Waals surface area contributed by atoms with E-state index in [0.717, 1.165) is 30.9 Å². The van der Waals surface area contributed by atoms with Crippen molar-refractivity contribution < 1.29 is 9.59 Å². The highest BCUT2D eigenvalue weighted by atomic mass is 32.2. The lowest BCUT2D eigenvalue weighted by Crippen LogP contribution is -2.48. The maximum Gasteiger partial charge on any atom is 0.242 e. The first kappa shape index (κ1) is 13.7. The zero-order valence-corrected chi connectivity index (χ0v) is 11.5. The van der Waals surface area contributed by atoms with Gasteiger partial charge in [0.15, 0.2) is 0 Å². The van der Waals surface area contributed by atoms with E-state index in [-0.39, 0.29) is 17.9 Å². The van der Waals surface area contributed by atoms with Crippen LogP contribution < -0.4 is 16.0 Å². The molecule has 0 radical (unpaired) electrons. The summed E-state index contributed by atoms with van der Waals surface area (Å²) in [6.07, 6.45) is 2.58. The maximum atomic E-state index is 11.8. The molecule has 0 aromatic heterocycles. The monoisotopic (exact) mass is 271 g/mol. The van der Waals surface area contributed by atoms with Crippen LogP contribution in [0.1, 0.15) is 26.2 Å². The number of hydrogen-bond donors (Lipinski definition) is 3. The molecule has 6 heteroatoms. The Bertz CT molecular complexity index is 314. The average molecular weight is 271 g/mol. The van der Waals surface area contributed by atoms with Gasteiger partial charge in [0.1, 0.15) is 6.04 Å². The number of amides is 2. The van der Waals surface area contributed by atoms with Gasteiger partial charge in [-0.05, 0) is 19.8 Å². The quantitative estimate of drug-likeness (QED) is 0.651. The van der Waals surface area contributed by atoms with Crippen LogP contribution in [-0.4, -0.2) is 48.0 Å². The van der Waals surface area contributed by atoms with Crippen molar-refractivity contribution in [2.45, 2.75) is 44.3 Å². The summed E-state index contributed by atoms with van der Waals surface area (Å²) in [6, 6.07) is 0.144. The summed E-state index contributed by atoms with van der Waals surface area (Å²) in [4.78, 5) is 23.5. The molecule has 2 amide bonds. The molecule has 1 saturated heterocycles. The van der Waals surface area contributed by atoms with Gasteiger partial charge in [0, 0.05) is 36.6 Å². The van der Waals surface area contributed by atoms with E-state index >= 15 is 0 Å². The minimum absolute atomic E-state index is 0.0477. The molecule has 1 aliphatic carbocycles. The summed E-state index contributed by atoms with van der Waals surface area (Å²) in [5.41, 5.74) is 0. The topological polar surface area (TPSA) is 70.2 Å². The molecule has 5 nitrogen and oxygen atoms in total. The minimum Gasteiger partial charge on any atom is -0.352 e. The molecule has 102 valence electrons. The standard InChI is InChI=1S/C12H21N3O2S/c1-8(12(17)15-9-2-3-9)14-11(16)6-10-7-18-5-4-13-10/h8-10,13H,2-7H2,1H3,(H,14,16)(H,15,17). The van der Waals surface area contributed by atoms with Gasteiger partial charge in [-0.1, -0.05) is 0 Å². The van der Waals surface area contributed by atoms with Crippen LogP contribution in [0.15, 0.2) is 0 Å². The number of nitrogens with one attached hydrogen (secondary N) is 3. The molecule has 0 aromatic rings. The van der Waals surface area contributed by atoms with Gasteiger partial charge in [-0.15, -0.1) is 0 Å². The van der Waals surface area contributed by atoms with Crippen LogP contribution in [0.2, 0.25) is 0 Å². The fourth-order valence-corrected chi connectivity index (χ4v) is 2.84. The number of thioether (sulfide) groups is 1. The van der Waals surface area contributed by atoms with Gasteiger partial charge < -0.3 is 16.0 Å². The lowest BCUT2D eigenvalue weighted by atomic mass is 10.2. The van der Waals surface area contributed by atoms with Crippen molar-refractivity contribution >= 4 is 23.6 Å². The molecule has 18 heavy (non-hydrogen) atoms. The normalized spacial score (nSPS) is 25.3. The predicted molar refractivity (Wildman–Crippen MR) is 72.5 cm³/mol. The third kappa shape index (κ3) is 4.49. The van der Waals surface area contributed by atoms with Gasteiger partial charge in [-0.2, -0.15) is 11.8 Å². The molecule has 3 N–H and O–H groups in total. The molecule has 2 unspecified atom stereocenters. The van der Waals surface area contributed by atoms with Crippen LogP contribution in [0, 0.1) is 0 Å². The van der Waals surface area contributed by atoms with Crippen LogP contribution in [0.25, 0.3) is 0 Å². The van der Waals surface area contributed by atoms with Gasteiger partial charge in [0.05, 0.1) is 0 Å². The number of carbonyl (C=O) groups excluding carboxylic acids is 2. The van der Waals surface area contributed by atoms with E-state index in [0.29, 0.717) is 12.5 Å². The molecular weight excluding hydrogens is 250 g/mol. The second-order valence-corrected chi connectivity index (χ2v) is 6.15. The first-order valence-corrected chi connectivity index (χ1v) is 7.71. The van der Waals surface area contributed by atoms with Crippen molar-refractivity contribution in [3.05, 3.63) is 0 Å². The number of hydrogen-bond acceptors (Lipinski definition) is 4. The van der Waals surface area contributed by atoms with Crippen molar-refractivity contribution in [2.75, 3.05) is 18.1 Å². The predicted octanol–water partition coefficient (Wildman–Crippen LogP) is -0.135. The Morgan fingerprint density at radius 2 is 2.22 bits per heavy atom. The van der Waals surface area contributed by atoms with Crippen LogP contribution in [0.5, 0.6) is 0 Å². The van der Waals surface area contributed by atoms with Crippen LogP contribution in [0.3, 0.4) is 0 Å². The molecule has 2 aliphatic rings. The van der Waals surface area contributed by atoms with Crippen LogP contribution in [0.4, 0.5) is 0 Å². The number of carbonyl (C=O) groups is 2. The molecule has 0 spiro atoms. The molecule has 2 atom stereocenters. The smallest absolute Gasteiger partial charge is 0.242 e. The van der Waals surface area contributed by atoms with E-state index in [4.69, 9.17) is 0 Å². The van der Waals surface area contributed by atoms with Gasteiger partial charge in [0.2, 0.25) is 11.8 Å². The average Bonchev–Trinajstić information content (AvgIpc) is 3.14. The highest BCUT2D eigenvalue weighted by Gasteiger charge is 2.26. The Balaban J connectivity index is 1.66. The first-order chi connectivity index (χ1) is 8.65. The van der Waals surface area contributed by atoms with Crippen molar-refractivity contribution in [3.8, 4) is 0 Å². The van der Waals surface area contributed by atoms with Gasteiger partial charge in [-0.25, -0.2) is 0 Å². The fourth-order valence-electron chi connectivity index (χ4n) is 1.89. The van der Waals surface area contributed by atoms with E-state index in [2.05, 4.69) is 16.0 Å². The summed E-state index contributed by atoms with van der Waals surface area (Å²) in [5.74, 6) is 1.96. The third-order valence-corrected chi connectivity index (χ3v) is 4.26. The van der Waals surface area contributed by atoms with Gasteiger partial charge in [-0.3, -0.25) is 9.59 Å². The molecular formula is C12H21N3O2S. The van der Waals surface area contributed by atoms with Crippen molar-refractivity contribution in [2.24, 2.45) is 0 Å². The van der Waals surface area contributed by atoms with Crippen LogP contribution >= 0.6 is 11.8 Å². The SMILES string of the molecule is CC(NC(=O)CC1CSCCN1)C(=O)NC1CC1. The van der Waals surface area contributed by atoms with E-state index in [9.17, 15) is 9.59 Å². The minimum atomic E-state index is -0.436. The van der Waals surface area contributed by atoms with Gasteiger partial charge in [0.25, 0.3) is 0 Å². The van der Waals surface area contributed by atoms with Crippen LogP contribution in [-0.2, 0) is 9.59 Å². The van der Waals surface area contributed by atoms with E-state index in [1.165, 1.54) is 0 Å². The summed E-state index contributed by atoms with van der Waals surface area (Å²) in [5, 5.41) is 8.96. The van der Waals surface area contributed by atoms with E-state index < -0.39 is 6.04 Å². The molecule has 2 rings (SSSR count). The summed E-state index contributed by atoms with van der Waals surface area (Å²) < 4.78 is 0. The van der Waals surface area contributed by atoms with Crippen molar-refractivity contribution in [1.29, 1.82) is 0 Å². The summed E-state index contributed by atoms with van der Waals surface area (Å²) >= 11 is 1.87. The van der Waals surface area contributed by atoms with Crippen molar-refractivity contribution in [3.63, 3.8) is 0 Å². The largest absolute Gasteiger partial charge is 0.352 e. The summed E-state index contributed by atoms with van der Waals surface area (Å²) in [6.45, 7) is 2.69. The maximum absolute atomic E-state index is 11.8. The Hall–Kier alpha value is -0.750. The fraction of sp³-hybridized carbons (Fsp3) is 0.833. The Labute approximate surface area is 112 Å². The Kier molecular flexibility index (Phi) is 4.88. The zero-order chi connectivity index (χ0) is 13.0. The second-order valence-electron chi connectivity index (χ2n) is 5.00. The number of rotatable bonds is 5. The highest BCUT2D eigenvalue weighted by Crippen LogP contribution is 2.18. The lowest BCUT2D eigenvalue weighted by molar-refractivity contribution is -0.128. The third-order valence-electron chi connectivity index (χ3n) is 3.12. The van der Waals surface area contributed by atoms with Crippen molar-refractivity contribution in [1.82, 2.24) is 16.0 Å². The van der Waals surface area contributed by atoms with Gasteiger partial charge >= 0.3 is 0 Å². The second kappa shape index (κ2) is 6.43.